The Morgan fingerprint density at radius 2 is 2.10 bits per heavy atom. The Kier molecular flexibility index (Phi) is 8.64. The minimum Gasteiger partial charge on any atom is -0.506 e. The van der Waals surface area contributed by atoms with Crippen molar-refractivity contribution in [2.45, 2.75) is 6.10 Å². The van der Waals surface area contributed by atoms with Gasteiger partial charge in [0, 0.05) is 13.1 Å². The first kappa shape index (κ1) is 17.8. The van der Waals surface area contributed by atoms with Gasteiger partial charge in [-0.15, -0.1) is 0 Å². The molecule has 8 heteroatoms. The van der Waals surface area contributed by atoms with Gasteiger partial charge in [-0.1, -0.05) is 0 Å². The molecule has 1 atom stereocenters. The summed E-state index contributed by atoms with van der Waals surface area (Å²) in [6.07, 6.45) is 0.580. The molecular formula is C12H19N3O5. The van der Waals surface area contributed by atoms with Crippen LogP contribution in [0.25, 0.3) is 0 Å². The number of aliphatic hydroxyl groups is 1. The highest BCUT2D eigenvalue weighted by Crippen LogP contribution is 2.05. The van der Waals surface area contributed by atoms with E-state index in [0.717, 1.165) is 0 Å². The van der Waals surface area contributed by atoms with E-state index in [9.17, 15) is 9.90 Å². The number of aliphatic hydroxyl groups excluding tert-OH is 1. The Balaban J connectivity index is 0.00000110. The molecule has 1 aromatic heterocycles. The number of hydrogen-bond donors (Lipinski definition) is 4. The largest absolute Gasteiger partial charge is 0.506 e. The monoisotopic (exact) mass is 285 g/mol. The molecular weight excluding hydrogens is 266 g/mol. The summed E-state index contributed by atoms with van der Waals surface area (Å²) in [7, 11) is 3.68. The molecule has 1 unspecified atom stereocenters. The van der Waals surface area contributed by atoms with Crippen molar-refractivity contribution in [3.05, 3.63) is 24.0 Å². The Bertz CT molecular complexity index is 408. The zero-order valence-corrected chi connectivity index (χ0v) is 11.4. The first-order valence-corrected chi connectivity index (χ1v) is 5.74. The van der Waals surface area contributed by atoms with Crippen molar-refractivity contribution in [1.29, 1.82) is 0 Å². The number of likely N-dealkylation sites (N-methyl/N-ethyl adjacent to an activating group) is 1. The highest BCUT2D eigenvalue weighted by Gasteiger charge is 2.10. The van der Waals surface area contributed by atoms with Crippen LogP contribution in [0.3, 0.4) is 0 Å². The summed E-state index contributed by atoms with van der Waals surface area (Å²) < 4.78 is 0. The van der Waals surface area contributed by atoms with Gasteiger partial charge in [-0.2, -0.15) is 0 Å². The number of nitrogens with zero attached hydrogens (tertiary/aromatic N) is 2. The van der Waals surface area contributed by atoms with Crippen LogP contribution in [0.15, 0.2) is 18.3 Å². The van der Waals surface area contributed by atoms with E-state index in [-0.39, 0.29) is 30.4 Å². The zero-order chi connectivity index (χ0) is 15.5. The van der Waals surface area contributed by atoms with Gasteiger partial charge in [-0.3, -0.25) is 9.59 Å². The number of carboxylic acid groups (broad SMARTS) is 1. The van der Waals surface area contributed by atoms with E-state index < -0.39 is 6.10 Å². The van der Waals surface area contributed by atoms with Gasteiger partial charge in [-0.25, -0.2) is 4.98 Å². The molecule has 4 N–H and O–H groups in total. The van der Waals surface area contributed by atoms with Crippen LogP contribution < -0.4 is 5.32 Å². The molecule has 1 amide bonds. The van der Waals surface area contributed by atoms with Crippen molar-refractivity contribution in [1.82, 2.24) is 15.2 Å². The van der Waals surface area contributed by atoms with Gasteiger partial charge in [0.1, 0.15) is 11.4 Å². The maximum atomic E-state index is 11.6. The van der Waals surface area contributed by atoms with Gasteiger partial charge in [0.05, 0.1) is 12.3 Å². The Morgan fingerprint density at radius 3 is 2.55 bits per heavy atom. The molecule has 0 saturated carbocycles. The summed E-state index contributed by atoms with van der Waals surface area (Å²) in [5, 5.41) is 28.0. The topological polar surface area (TPSA) is 123 Å². The first-order chi connectivity index (χ1) is 9.40. The normalized spacial score (nSPS) is 11.2. The molecule has 8 nitrogen and oxygen atoms in total. The van der Waals surface area contributed by atoms with E-state index >= 15 is 0 Å². The minimum absolute atomic E-state index is 0.00851. The lowest BCUT2D eigenvalue weighted by atomic mass is 10.3. The van der Waals surface area contributed by atoms with Crippen LogP contribution >= 0.6 is 0 Å². The molecule has 0 aliphatic heterocycles. The summed E-state index contributed by atoms with van der Waals surface area (Å²) in [5.41, 5.74) is 0.208. The molecule has 0 saturated heterocycles. The second-order valence-corrected chi connectivity index (χ2v) is 4.13. The lowest BCUT2D eigenvalue weighted by molar-refractivity contribution is -0.122. The SMILES string of the molecule is CN(C)CC(O)CNC(=O)c1ccc(O)cn1.O=CO. The van der Waals surface area contributed by atoms with E-state index in [1.165, 1.54) is 18.3 Å². The number of carbonyl (C=O) groups excluding carboxylic acids is 1. The number of amides is 1. The summed E-state index contributed by atoms with van der Waals surface area (Å²) >= 11 is 0. The second kappa shape index (κ2) is 9.70. The van der Waals surface area contributed by atoms with Crippen molar-refractivity contribution in [3.63, 3.8) is 0 Å². The summed E-state index contributed by atoms with van der Waals surface area (Å²) in [4.78, 5) is 25.5. The molecule has 0 aliphatic carbocycles. The minimum atomic E-state index is -0.619. The van der Waals surface area contributed by atoms with Crippen molar-refractivity contribution in [2.75, 3.05) is 27.2 Å². The third kappa shape index (κ3) is 8.01. The van der Waals surface area contributed by atoms with Crippen LogP contribution in [-0.2, 0) is 4.79 Å². The van der Waals surface area contributed by atoms with Crippen molar-refractivity contribution >= 4 is 12.4 Å². The average Bonchev–Trinajstić information content (AvgIpc) is 2.37. The van der Waals surface area contributed by atoms with Crippen LogP contribution in [-0.4, -0.2) is 70.9 Å². The van der Waals surface area contributed by atoms with Crippen LogP contribution in [0.1, 0.15) is 10.5 Å². The summed E-state index contributed by atoms with van der Waals surface area (Å²) in [6.45, 7) is 0.392. The fourth-order valence-corrected chi connectivity index (χ4v) is 1.31. The number of nitrogens with one attached hydrogen (secondary N) is 1. The predicted octanol–water partition coefficient (Wildman–Crippen LogP) is -0.860. The van der Waals surface area contributed by atoms with Gasteiger partial charge in [0.25, 0.3) is 12.4 Å². The maximum Gasteiger partial charge on any atom is 0.290 e. The zero-order valence-electron chi connectivity index (χ0n) is 11.4. The average molecular weight is 285 g/mol. The van der Waals surface area contributed by atoms with Crippen molar-refractivity contribution in [3.8, 4) is 5.75 Å². The first-order valence-electron chi connectivity index (χ1n) is 5.74. The number of aromatic nitrogens is 1. The van der Waals surface area contributed by atoms with E-state index in [4.69, 9.17) is 15.0 Å². The summed E-state index contributed by atoms with van der Waals surface area (Å²) in [5.74, 6) is -0.364. The maximum absolute atomic E-state index is 11.6. The van der Waals surface area contributed by atoms with Crippen molar-refractivity contribution in [2.24, 2.45) is 0 Å². The molecule has 1 aromatic rings. The van der Waals surface area contributed by atoms with Crippen LogP contribution in [0, 0.1) is 0 Å². The van der Waals surface area contributed by atoms with Crippen molar-refractivity contribution < 1.29 is 24.9 Å². The van der Waals surface area contributed by atoms with E-state index in [0.29, 0.717) is 6.54 Å². The Hall–Kier alpha value is -2.19. The smallest absolute Gasteiger partial charge is 0.290 e. The summed E-state index contributed by atoms with van der Waals surface area (Å²) in [6, 6.07) is 2.81. The van der Waals surface area contributed by atoms with E-state index in [2.05, 4.69) is 10.3 Å². The Labute approximate surface area is 116 Å². The molecule has 0 radical (unpaired) electrons. The fourth-order valence-electron chi connectivity index (χ4n) is 1.31. The fraction of sp³-hybridized carbons (Fsp3) is 0.417. The molecule has 20 heavy (non-hydrogen) atoms. The van der Waals surface area contributed by atoms with Crippen LogP contribution in [0.5, 0.6) is 5.75 Å². The molecule has 0 bridgehead atoms. The molecule has 0 aromatic carbocycles. The number of pyridine rings is 1. The van der Waals surface area contributed by atoms with E-state index in [1.54, 1.807) is 0 Å². The molecule has 0 fully saturated rings. The van der Waals surface area contributed by atoms with Gasteiger partial charge >= 0.3 is 0 Å². The van der Waals surface area contributed by atoms with Crippen LogP contribution in [0.4, 0.5) is 0 Å². The lowest BCUT2D eigenvalue weighted by Gasteiger charge is -2.16. The highest BCUT2D eigenvalue weighted by molar-refractivity contribution is 5.92. The number of rotatable bonds is 5. The highest BCUT2D eigenvalue weighted by atomic mass is 16.3. The molecule has 112 valence electrons. The van der Waals surface area contributed by atoms with Crippen LogP contribution in [0.2, 0.25) is 0 Å². The lowest BCUT2D eigenvalue weighted by Crippen LogP contribution is -2.37. The molecule has 1 rings (SSSR count). The van der Waals surface area contributed by atoms with E-state index in [1.807, 2.05) is 19.0 Å². The number of aromatic hydroxyl groups is 1. The molecule has 0 aliphatic rings. The van der Waals surface area contributed by atoms with Gasteiger partial charge < -0.3 is 25.5 Å². The van der Waals surface area contributed by atoms with Gasteiger partial charge in [0.15, 0.2) is 0 Å². The third-order valence-corrected chi connectivity index (χ3v) is 2.05. The second-order valence-electron chi connectivity index (χ2n) is 4.13. The number of hydrogen-bond acceptors (Lipinski definition) is 6. The molecule has 1 heterocycles. The third-order valence-electron chi connectivity index (χ3n) is 2.05. The standard InChI is InChI=1S/C11H17N3O3.CH2O2/c1-14(2)7-9(16)6-13-11(17)10-4-3-8(15)5-12-10;2-1-3/h3-5,9,15-16H,6-7H2,1-2H3,(H,13,17);1H,(H,2,3). The number of carbonyl (C=O) groups is 2. The van der Waals surface area contributed by atoms with Gasteiger partial charge in [-0.05, 0) is 26.2 Å². The quantitative estimate of drug-likeness (QED) is 0.519. The predicted molar refractivity (Wildman–Crippen MR) is 71.5 cm³/mol. The molecule has 0 spiro atoms. The Morgan fingerprint density at radius 1 is 1.50 bits per heavy atom. The van der Waals surface area contributed by atoms with Gasteiger partial charge in [0.2, 0.25) is 0 Å².